The Hall–Kier alpha value is -0.560. The molecule has 0 heterocycles. The highest BCUT2D eigenvalue weighted by Crippen LogP contribution is 2.38. The average Bonchev–Trinajstić information content (AvgIpc) is 2.71. The summed E-state index contributed by atoms with van der Waals surface area (Å²) < 4.78 is 14.4. The third-order valence-corrected chi connectivity index (χ3v) is 8.08. The van der Waals surface area contributed by atoms with Crippen molar-refractivity contribution < 1.29 is 4.39 Å². The fourth-order valence-corrected chi connectivity index (χ4v) is 5.82. The SMILES string of the molecule is CCCc1ccc(CCC2CCC(CCC3CCC(C)CC3)CC2)c(Cl)c1F. The van der Waals surface area contributed by atoms with Gasteiger partial charge in [0.2, 0.25) is 0 Å². The van der Waals surface area contributed by atoms with Crippen molar-refractivity contribution >= 4 is 11.6 Å². The van der Waals surface area contributed by atoms with Gasteiger partial charge < -0.3 is 0 Å². The summed E-state index contributed by atoms with van der Waals surface area (Å²) in [4.78, 5) is 0. The van der Waals surface area contributed by atoms with Crippen LogP contribution in [0.25, 0.3) is 0 Å². The lowest BCUT2D eigenvalue weighted by atomic mass is 9.75. The zero-order valence-corrected chi connectivity index (χ0v) is 18.9. The van der Waals surface area contributed by atoms with Crippen LogP contribution in [0.5, 0.6) is 0 Å². The normalized spacial score (nSPS) is 28.4. The summed E-state index contributed by atoms with van der Waals surface area (Å²) in [5, 5.41) is 0.376. The van der Waals surface area contributed by atoms with Crippen molar-refractivity contribution in [2.75, 3.05) is 0 Å². The summed E-state index contributed by atoms with van der Waals surface area (Å²) in [5.74, 6) is 3.58. The number of halogens is 2. The van der Waals surface area contributed by atoms with E-state index >= 15 is 0 Å². The molecule has 2 saturated carbocycles. The number of benzene rings is 1. The van der Waals surface area contributed by atoms with Crippen LogP contribution in [0.4, 0.5) is 4.39 Å². The molecular weight excluding hydrogens is 367 g/mol. The predicted molar refractivity (Wildman–Crippen MR) is 120 cm³/mol. The van der Waals surface area contributed by atoms with Crippen LogP contribution >= 0.6 is 11.6 Å². The molecular formula is C26H40ClF. The standard InChI is InChI=1S/C26H40ClF/c1-3-4-24-18-17-23(25(27)26(24)28)16-15-22-13-11-21(12-14-22)10-9-20-7-5-19(2)6-8-20/h17-22H,3-16H2,1-2H3. The second-order valence-corrected chi connectivity index (χ2v) is 10.3. The predicted octanol–water partition coefficient (Wildman–Crippen LogP) is 8.78. The smallest absolute Gasteiger partial charge is 0.145 e. The molecule has 1 aromatic rings. The molecule has 0 atom stereocenters. The van der Waals surface area contributed by atoms with Crippen LogP contribution in [0.1, 0.15) is 102 Å². The molecule has 0 amide bonds. The van der Waals surface area contributed by atoms with Gasteiger partial charge in [0, 0.05) is 0 Å². The first-order valence-corrected chi connectivity index (χ1v) is 12.4. The maximum absolute atomic E-state index is 14.4. The van der Waals surface area contributed by atoms with Crippen molar-refractivity contribution in [2.45, 2.75) is 104 Å². The summed E-state index contributed by atoms with van der Waals surface area (Å²) >= 11 is 6.32. The van der Waals surface area contributed by atoms with Crippen molar-refractivity contribution in [3.05, 3.63) is 34.1 Å². The molecule has 3 rings (SSSR count). The van der Waals surface area contributed by atoms with Crippen molar-refractivity contribution in [3.63, 3.8) is 0 Å². The van der Waals surface area contributed by atoms with E-state index in [4.69, 9.17) is 11.6 Å². The number of rotatable bonds is 8. The Labute approximate surface area is 177 Å². The molecule has 28 heavy (non-hydrogen) atoms. The summed E-state index contributed by atoms with van der Waals surface area (Å²) in [6.07, 6.45) is 18.2. The molecule has 158 valence electrons. The van der Waals surface area contributed by atoms with E-state index in [1.165, 1.54) is 70.6 Å². The molecule has 0 aliphatic heterocycles. The molecule has 0 radical (unpaired) electrons. The van der Waals surface area contributed by atoms with Gasteiger partial charge in [-0.25, -0.2) is 4.39 Å². The Morgan fingerprint density at radius 3 is 1.86 bits per heavy atom. The third kappa shape index (κ3) is 6.22. The van der Waals surface area contributed by atoms with Crippen molar-refractivity contribution in [1.82, 2.24) is 0 Å². The Kier molecular flexibility index (Phi) is 8.70. The molecule has 0 aromatic heterocycles. The Balaban J connectivity index is 1.37. The monoisotopic (exact) mass is 406 g/mol. The van der Waals surface area contributed by atoms with E-state index in [0.29, 0.717) is 5.02 Å². The zero-order chi connectivity index (χ0) is 19.9. The van der Waals surface area contributed by atoms with E-state index in [1.807, 2.05) is 6.07 Å². The van der Waals surface area contributed by atoms with Gasteiger partial charge in [-0.2, -0.15) is 0 Å². The van der Waals surface area contributed by atoms with E-state index in [9.17, 15) is 4.39 Å². The molecule has 0 unspecified atom stereocenters. The van der Waals surface area contributed by atoms with Gasteiger partial charge >= 0.3 is 0 Å². The maximum atomic E-state index is 14.4. The van der Waals surface area contributed by atoms with Crippen molar-refractivity contribution in [2.24, 2.45) is 23.7 Å². The number of hydrogen-bond donors (Lipinski definition) is 0. The number of hydrogen-bond acceptors (Lipinski definition) is 0. The van der Waals surface area contributed by atoms with E-state index in [2.05, 4.69) is 19.9 Å². The molecule has 2 aliphatic rings. The van der Waals surface area contributed by atoms with Crippen LogP contribution in [0, 0.1) is 29.5 Å². The van der Waals surface area contributed by atoms with Crippen LogP contribution in [-0.4, -0.2) is 0 Å². The van der Waals surface area contributed by atoms with Gasteiger partial charge in [-0.05, 0) is 54.1 Å². The lowest BCUT2D eigenvalue weighted by molar-refractivity contribution is 0.217. The Morgan fingerprint density at radius 2 is 1.29 bits per heavy atom. The van der Waals surface area contributed by atoms with Crippen LogP contribution in [-0.2, 0) is 12.8 Å². The van der Waals surface area contributed by atoms with E-state index < -0.39 is 0 Å². The highest BCUT2D eigenvalue weighted by atomic mass is 35.5. The Morgan fingerprint density at radius 1 is 0.786 bits per heavy atom. The van der Waals surface area contributed by atoms with Crippen LogP contribution in [0.3, 0.4) is 0 Å². The minimum absolute atomic E-state index is 0.179. The minimum atomic E-state index is -0.179. The van der Waals surface area contributed by atoms with Gasteiger partial charge in [-0.3, -0.25) is 0 Å². The largest absolute Gasteiger partial charge is 0.205 e. The first-order valence-electron chi connectivity index (χ1n) is 12.0. The molecule has 0 N–H and O–H groups in total. The van der Waals surface area contributed by atoms with Gasteiger partial charge in [0.25, 0.3) is 0 Å². The lowest BCUT2D eigenvalue weighted by Crippen LogP contribution is -2.18. The van der Waals surface area contributed by atoms with E-state index in [1.54, 1.807) is 0 Å². The summed E-state index contributed by atoms with van der Waals surface area (Å²) in [6.45, 7) is 4.49. The molecule has 0 spiro atoms. The second-order valence-electron chi connectivity index (χ2n) is 9.89. The van der Waals surface area contributed by atoms with Crippen molar-refractivity contribution in [1.29, 1.82) is 0 Å². The molecule has 2 aliphatic carbocycles. The van der Waals surface area contributed by atoms with E-state index in [0.717, 1.165) is 54.1 Å². The number of aryl methyl sites for hydroxylation is 2. The Bertz CT molecular complexity index is 595. The van der Waals surface area contributed by atoms with Crippen molar-refractivity contribution in [3.8, 4) is 0 Å². The second kappa shape index (κ2) is 11.0. The maximum Gasteiger partial charge on any atom is 0.145 e. The van der Waals surface area contributed by atoms with Crippen LogP contribution in [0.15, 0.2) is 12.1 Å². The fourth-order valence-electron chi connectivity index (χ4n) is 5.54. The van der Waals surface area contributed by atoms with Gasteiger partial charge in [0.1, 0.15) is 5.82 Å². The fraction of sp³-hybridized carbons (Fsp3) is 0.769. The first kappa shape index (κ1) is 22.1. The van der Waals surface area contributed by atoms with Gasteiger partial charge in [0.05, 0.1) is 5.02 Å². The lowest BCUT2D eigenvalue weighted by Gasteiger charge is -2.31. The van der Waals surface area contributed by atoms with Gasteiger partial charge in [0.15, 0.2) is 0 Å². The van der Waals surface area contributed by atoms with Gasteiger partial charge in [-0.15, -0.1) is 0 Å². The third-order valence-electron chi connectivity index (χ3n) is 7.67. The average molecular weight is 407 g/mol. The molecule has 0 bridgehead atoms. The van der Waals surface area contributed by atoms with E-state index in [-0.39, 0.29) is 5.82 Å². The molecule has 0 nitrogen and oxygen atoms in total. The summed E-state index contributed by atoms with van der Waals surface area (Å²) in [5.41, 5.74) is 1.77. The minimum Gasteiger partial charge on any atom is -0.205 e. The first-order chi connectivity index (χ1) is 13.6. The molecule has 2 heteroatoms. The van der Waals surface area contributed by atoms with Crippen LogP contribution in [0.2, 0.25) is 5.02 Å². The molecule has 2 fully saturated rings. The quantitative estimate of drug-likeness (QED) is 0.404. The zero-order valence-electron chi connectivity index (χ0n) is 18.1. The highest BCUT2D eigenvalue weighted by molar-refractivity contribution is 6.31. The molecule has 1 aromatic carbocycles. The van der Waals surface area contributed by atoms with Gasteiger partial charge in [-0.1, -0.05) is 108 Å². The summed E-state index contributed by atoms with van der Waals surface area (Å²) in [6, 6.07) is 4.01. The topological polar surface area (TPSA) is 0 Å². The van der Waals surface area contributed by atoms with Crippen LogP contribution < -0.4 is 0 Å². The highest BCUT2D eigenvalue weighted by Gasteiger charge is 2.24. The summed E-state index contributed by atoms with van der Waals surface area (Å²) in [7, 11) is 0. The molecule has 0 saturated heterocycles.